The van der Waals surface area contributed by atoms with Crippen LogP contribution in [-0.2, 0) is 13.0 Å². The molecule has 2 rings (SSSR count). The summed E-state index contributed by atoms with van der Waals surface area (Å²) >= 11 is 0. The predicted octanol–water partition coefficient (Wildman–Crippen LogP) is 2.55. The fourth-order valence-corrected chi connectivity index (χ4v) is 2.14. The summed E-state index contributed by atoms with van der Waals surface area (Å²) in [5.74, 6) is 0. The van der Waals surface area contributed by atoms with E-state index in [9.17, 15) is 0 Å². The lowest BCUT2D eigenvalue weighted by Crippen LogP contribution is -2.11. The van der Waals surface area contributed by atoms with Gasteiger partial charge in [0, 0.05) is 18.5 Å². The first-order valence-electron chi connectivity index (χ1n) is 6.95. The molecule has 0 fully saturated rings. The molecule has 0 aliphatic carbocycles. The van der Waals surface area contributed by atoms with Crippen molar-refractivity contribution in [1.82, 2.24) is 15.0 Å². The molecule has 0 bridgehead atoms. The van der Waals surface area contributed by atoms with Gasteiger partial charge >= 0.3 is 0 Å². The van der Waals surface area contributed by atoms with E-state index in [0.29, 0.717) is 6.54 Å². The molecule has 19 heavy (non-hydrogen) atoms. The van der Waals surface area contributed by atoms with Crippen molar-refractivity contribution >= 4 is 0 Å². The Labute approximate surface area is 114 Å². The Kier molecular flexibility index (Phi) is 4.68. The van der Waals surface area contributed by atoms with E-state index in [1.165, 1.54) is 5.56 Å². The molecule has 0 aliphatic heterocycles. The molecule has 0 atom stereocenters. The normalized spacial score (nSPS) is 10.9. The van der Waals surface area contributed by atoms with Crippen molar-refractivity contribution in [2.45, 2.75) is 39.7 Å². The van der Waals surface area contributed by atoms with Gasteiger partial charge in [-0.1, -0.05) is 48.4 Å². The Morgan fingerprint density at radius 1 is 1.21 bits per heavy atom. The zero-order valence-corrected chi connectivity index (χ0v) is 11.8. The third kappa shape index (κ3) is 3.20. The van der Waals surface area contributed by atoms with Crippen LogP contribution in [0.2, 0.25) is 0 Å². The summed E-state index contributed by atoms with van der Waals surface area (Å²) < 4.78 is 2.01. The van der Waals surface area contributed by atoms with Crippen LogP contribution in [0.4, 0.5) is 0 Å². The molecule has 0 radical (unpaired) electrons. The molecule has 0 amide bonds. The number of aromatic nitrogens is 3. The standard InChI is InChI=1S/C15H22N4/c1-3-4-11-19-14(9-10-16)15(17-18-19)13-7-5-12(2)6-8-13/h5-8H,3-4,9-11,16H2,1-2H3. The number of benzene rings is 1. The molecule has 1 aromatic carbocycles. The van der Waals surface area contributed by atoms with E-state index in [1.54, 1.807) is 0 Å². The van der Waals surface area contributed by atoms with Crippen molar-refractivity contribution in [3.05, 3.63) is 35.5 Å². The van der Waals surface area contributed by atoms with Crippen LogP contribution in [0, 0.1) is 6.92 Å². The number of unbranched alkanes of at least 4 members (excludes halogenated alkanes) is 1. The molecule has 1 aromatic heterocycles. The third-order valence-corrected chi connectivity index (χ3v) is 3.27. The molecular formula is C15H22N4. The van der Waals surface area contributed by atoms with Crippen molar-refractivity contribution in [2.24, 2.45) is 5.73 Å². The highest BCUT2D eigenvalue weighted by molar-refractivity contribution is 5.61. The van der Waals surface area contributed by atoms with Crippen molar-refractivity contribution in [3.8, 4) is 11.3 Å². The number of nitrogens with two attached hydrogens (primary N) is 1. The molecule has 0 spiro atoms. The van der Waals surface area contributed by atoms with Crippen molar-refractivity contribution < 1.29 is 0 Å². The number of rotatable bonds is 6. The van der Waals surface area contributed by atoms with Gasteiger partial charge in [0.2, 0.25) is 0 Å². The lowest BCUT2D eigenvalue weighted by atomic mass is 10.1. The first kappa shape index (κ1) is 13.7. The van der Waals surface area contributed by atoms with Gasteiger partial charge < -0.3 is 5.73 Å². The molecular weight excluding hydrogens is 236 g/mol. The highest BCUT2D eigenvalue weighted by Crippen LogP contribution is 2.22. The summed E-state index contributed by atoms with van der Waals surface area (Å²) in [6, 6.07) is 8.41. The minimum absolute atomic E-state index is 0.623. The van der Waals surface area contributed by atoms with Gasteiger partial charge in [0.25, 0.3) is 0 Å². The van der Waals surface area contributed by atoms with Crippen LogP contribution in [0.25, 0.3) is 11.3 Å². The van der Waals surface area contributed by atoms with Gasteiger partial charge in [0.05, 0.1) is 5.69 Å². The van der Waals surface area contributed by atoms with Crippen LogP contribution in [0.3, 0.4) is 0 Å². The average Bonchev–Trinajstić information content (AvgIpc) is 2.81. The predicted molar refractivity (Wildman–Crippen MR) is 77.9 cm³/mol. The molecule has 2 N–H and O–H groups in total. The van der Waals surface area contributed by atoms with Crippen molar-refractivity contribution in [3.63, 3.8) is 0 Å². The molecule has 0 aliphatic rings. The van der Waals surface area contributed by atoms with Gasteiger partial charge in [-0.05, 0) is 19.9 Å². The quantitative estimate of drug-likeness (QED) is 0.866. The van der Waals surface area contributed by atoms with Gasteiger partial charge in [-0.15, -0.1) is 5.10 Å². The van der Waals surface area contributed by atoms with E-state index in [4.69, 9.17) is 5.73 Å². The van der Waals surface area contributed by atoms with Crippen LogP contribution in [-0.4, -0.2) is 21.5 Å². The minimum Gasteiger partial charge on any atom is -0.330 e. The van der Waals surface area contributed by atoms with Crippen LogP contribution in [0.15, 0.2) is 24.3 Å². The minimum atomic E-state index is 0.623. The Bertz CT molecular complexity index is 513. The van der Waals surface area contributed by atoms with Gasteiger partial charge in [-0.3, -0.25) is 0 Å². The number of aryl methyl sites for hydroxylation is 2. The fraction of sp³-hybridized carbons (Fsp3) is 0.467. The molecule has 4 heteroatoms. The maximum atomic E-state index is 5.72. The lowest BCUT2D eigenvalue weighted by Gasteiger charge is -2.06. The largest absolute Gasteiger partial charge is 0.330 e. The van der Waals surface area contributed by atoms with Crippen LogP contribution >= 0.6 is 0 Å². The molecule has 102 valence electrons. The first-order chi connectivity index (χ1) is 9.26. The summed E-state index contributed by atoms with van der Waals surface area (Å²) in [4.78, 5) is 0. The van der Waals surface area contributed by atoms with Gasteiger partial charge in [0.15, 0.2) is 0 Å². The highest BCUT2D eigenvalue weighted by Gasteiger charge is 2.13. The van der Waals surface area contributed by atoms with Gasteiger partial charge in [-0.2, -0.15) is 0 Å². The first-order valence-corrected chi connectivity index (χ1v) is 6.95. The molecule has 4 nitrogen and oxygen atoms in total. The summed E-state index contributed by atoms with van der Waals surface area (Å²) in [6.07, 6.45) is 3.09. The Morgan fingerprint density at radius 3 is 2.58 bits per heavy atom. The molecule has 0 saturated heterocycles. The second-order valence-corrected chi connectivity index (χ2v) is 4.87. The average molecular weight is 258 g/mol. The Morgan fingerprint density at radius 2 is 1.95 bits per heavy atom. The maximum absolute atomic E-state index is 5.72. The van der Waals surface area contributed by atoms with Gasteiger partial charge in [-0.25, -0.2) is 4.68 Å². The SMILES string of the molecule is CCCCn1nnc(-c2ccc(C)cc2)c1CCN. The fourth-order valence-electron chi connectivity index (χ4n) is 2.14. The van der Waals surface area contributed by atoms with E-state index in [2.05, 4.69) is 48.4 Å². The zero-order chi connectivity index (χ0) is 13.7. The summed E-state index contributed by atoms with van der Waals surface area (Å²) in [7, 11) is 0. The lowest BCUT2D eigenvalue weighted by molar-refractivity contribution is 0.533. The van der Waals surface area contributed by atoms with Gasteiger partial charge in [0.1, 0.15) is 5.69 Å². The second kappa shape index (κ2) is 6.48. The molecule has 1 heterocycles. The topological polar surface area (TPSA) is 56.7 Å². The second-order valence-electron chi connectivity index (χ2n) is 4.87. The summed E-state index contributed by atoms with van der Waals surface area (Å²) in [5, 5.41) is 8.63. The molecule has 2 aromatic rings. The smallest absolute Gasteiger partial charge is 0.116 e. The number of hydrogen-bond acceptors (Lipinski definition) is 3. The zero-order valence-electron chi connectivity index (χ0n) is 11.8. The third-order valence-electron chi connectivity index (χ3n) is 3.27. The van der Waals surface area contributed by atoms with Crippen molar-refractivity contribution in [2.75, 3.05) is 6.54 Å². The summed E-state index contributed by atoms with van der Waals surface area (Å²) in [5.41, 5.74) is 10.2. The van der Waals surface area contributed by atoms with Crippen LogP contribution in [0.1, 0.15) is 31.0 Å². The maximum Gasteiger partial charge on any atom is 0.116 e. The number of hydrogen-bond donors (Lipinski definition) is 1. The Hall–Kier alpha value is -1.68. The van der Waals surface area contributed by atoms with Crippen LogP contribution < -0.4 is 5.73 Å². The summed E-state index contributed by atoms with van der Waals surface area (Å²) in [6.45, 7) is 5.81. The highest BCUT2D eigenvalue weighted by atomic mass is 15.4. The van der Waals surface area contributed by atoms with Crippen LogP contribution in [0.5, 0.6) is 0 Å². The van der Waals surface area contributed by atoms with E-state index in [-0.39, 0.29) is 0 Å². The van der Waals surface area contributed by atoms with E-state index in [0.717, 1.165) is 42.8 Å². The number of nitrogens with zero attached hydrogens (tertiary/aromatic N) is 3. The van der Waals surface area contributed by atoms with E-state index >= 15 is 0 Å². The van der Waals surface area contributed by atoms with E-state index < -0.39 is 0 Å². The Balaban J connectivity index is 2.33. The monoisotopic (exact) mass is 258 g/mol. The molecule has 0 unspecified atom stereocenters. The van der Waals surface area contributed by atoms with Crippen molar-refractivity contribution in [1.29, 1.82) is 0 Å². The molecule has 0 saturated carbocycles. The van der Waals surface area contributed by atoms with E-state index in [1.807, 2.05) is 4.68 Å².